The van der Waals surface area contributed by atoms with E-state index in [0.717, 1.165) is 0 Å². The number of nitrogens with one attached hydrogen (secondary N) is 1. The SMILES string of the molecule is CCn1cnnc1-c1cc(Cl)ccc1NS(=O)(=O)c1ccccc1. The summed E-state index contributed by atoms with van der Waals surface area (Å²) < 4.78 is 29.6. The van der Waals surface area contributed by atoms with Crippen LogP contribution in [-0.2, 0) is 16.6 Å². The molecule has 6 nitrogen and oxygen atoms in total. The Balaban J connectivity index is 2.07. The summed E-state index contributed by atoms with van der Waals surface area (Å²) in [7, 11) is -3.71. The molecular weight excluding hydrogens is 348 g/mol. The Morgan fingerprint density at radius 1 is 1.17 bits per heavy atom. The van der Waals surface area contributed by atoms with Gasteiger partial charge in [0.2, 0.25) is 0 Å². The number of sulfonamides is 1. The van der Waals surface area contributed by atoms with Crippen molar-refractivity contribution in [1.29, 1.82) is 0 Å². The molecular formula is C16H15ClN4O2S. The van der Waals surface area contributed by atoms with Crippen molar-refractivity contribution < 1.29 is 8.42 Å². The van der Waals surface area contributed by atoms with Gasteiger partial charge in [-0.25, -0.2) is 8.42 Å². The lowest BCUT2D eigenvalue weighted by molar-refractivity contribution is 0.601. The van der Waals surface area contributed by atoms with E-state index in [2.05, 4.69) is 14.9 Å². The molecule has 124 valence electrons. The molecule has 0 unspecified atom stereocenters. The van der Waals surface area contributed by atoms with Crippen LogP contribution in [0, 0.1) is 0 Å². The van der Waals surface area contributed by atoms with E-state index < -0.39 is 10.0 Å². The molecule has 24 heavy (non-hydrogen) atoms. The Morgan fingerprint density at radius 2 is 1.92 bits per heavy atom. The molecule has 3 aromatic rings. The minimum atomic E-state index is -3.71. The summed E-state index contributed by atoms with van der Waals surface area (Å²) >= 11 is 6.08. The zero-order chi connectivity index (χ0) is 17.2. The molecule has 3 rings (SSSR count). The minimum Gasteiger partial charge on any atom is -0.314 e. The van der Waals surface area contributed by atoms with Gasteiger partial charge in [0, 0.05) is 17.1 Å². The Labute approximate surface area is 145 Å². The van der Waals surface area contributed by atoms with E-state index in [9.17, 15) is 8.42 Å². The number of benzene rings is 2. The van der Waals surface area contributed by atoms with Gasteiger partial charge < -0.3 is 4.57 Å². The third-order valence-corrected chi connectivity index (χ3v) is 5.09. The van der Waals surface area contributed by atoms with Crippen molar-refractivity contribution in [2.75, 3.05) is 4.72 Å². The molecule has 1 heterocycles. The van der Waals surface area contributed by atoms with Crippen molar-refractivity contribution in [3.8, 4) is 11.4 Å². The highest BCUT2D eigenvalue weighted by Crippen LogP contribution is 2.31. The molecule has 2 aromatic carbocycles. The highest BCUT2D eigenvalue weighted by Gasteiger charge is 2.18. The molecule has 0 saturated carbocycles. The number of halogens is 1. The maximum atomic E-state index is 12.6. The zero-order valence-corrected chi connectivity index (χ0v) is 14.4. The van der Waals surface area contributed by atoms with Crippen molar-refractivity contribution in [3.05, 3.63) is 59.9 Å². The van der Waals surface area contributed by atoms with E-state index >= 15 is 0 Å². The van der Waals surface area contributed by atoms with Crippen LogP contribution in [-0.4, -0.2) is 23.2 Å². The number of hydrogen-bond acceptors (Lipinski definition) is 4. The standard InChI is InChI=1S/C16H15ClN4O2S/c1-2-21-11-18-19-16(21)14-10-12(17)8-9-15(14)20-24(22,23)13-6-4-3-5-7-13/h3-11,20H,2H2,1H3. The molecule has 0 aliphatic rings. The quantitative estimate of drug-likeness (QED) is 0.754. The molecule has 1 aromatic heterocycles. The number of aryl methyl sites for hydroxylation is 1. The van der Waals surface area contributed by atoms with Crippen LogP contribution < -0.4 is 4.72 Å². The molecule has 0 aliphatic carbocycles. The number of hydrogen-bond donors (Lipinski definition) is 1. The van der Waals surface area contributed by atoms with Gasteiger partial charge in [0.25, 0.3) is 10.0 Å². The van der Waals surface area contributed by atoms with Gasteiger partial charge in [-0.15, -0.1) is 10.2 Å². The van der Waals surface area contributed by atoms with Crippen LogP contribution in [0.1, 0.15) is 6.92 Å². The predicted octanol–water partition coefficient (Wildman–Crippen LogP) is 3.42. The first-order valence-electron chi connectivity index (χ1n) is 7.27. The van der Waals surface area contributed by atoms with Gasteiger partial charge in [0.15, 0.2) is 5.82 Å². The molecule has 0 bridgehead atoms. The summed E-state index contributed by atoms with van der Waals surface area (Å²) in [5.41, 5.74) is 0.965. The molecule has 0 radical (unpaired) electrons. The topological polar surface area (TPSA) is 76.9 Å². The van der Waals surface area contributed by atoms with Crippen LogP contribution in [0.15, 0.2) is 59.8 Å². The van der Waals surface area contributed by atoms with E-state index in [1.807, 2.05) is 11.5 Å². The maximum absolute atomic E-state index is 12.6. The Kier molecular flexibility index (Phi) is 4.55. The summed E-state index contributed by atoms with van der Waals surface area (Å²) in [5.74, 6) is 0.547. The lowest BCUT2D eigenvalue weighted by Crippen LogP contribution is -2.14. The first-order chi connectivity index (χ1) is 11.5. The lowest BCUT2D eigenvalue weighted by atomic mass is 10.1. The molecule has 0 fully saturated rings. The van der Waals surface area contributed by atoms with Gasteiger partial charge in [-0.2, -0.15) is 0 Å². The molecule has 0 saturated heterocycles. The van der Waals surface area contributed by atoms with Crippen molar-refractivity contribution >= 4 is 27.3 Å². The first-order valence-corrected chi connectivity index (χ1v) is 9.13. The van der Waals surface area contributed by atoms with E-state index in [4.69, 9.17) is 11.6 Å². The number of nitrogens with zero attached hydrogens (tertiary/aromatic N) is 3. The van der Waals surface area contributed by atoms with Gasteiger partial charge in [-0.05, 0) is 37.3 Å². The van der Waals surface area contributed by atoms with Crippen LogP contribution >= 0.6 is 11.6 Å². The average Bonchev–Trinajstić information content (AvgIpc) is 3.05. The fourth-order valence-electron chi connectivity index (χ4n) is 2.29. The minimum absolute atomic E-state index is 0.183. The third-order valence-electron chi connectivity index (χ3n) is 3.48. The van der Waals surface area contributed by atoms with E-state index in [-0.39, 0.29) is 4.90 Å². The normalized spacial score (nSPS) is 11.4. The third kappa shape index (κ3) is 3.27. The summed E-state index contributed by atoms with van der Waals surface area (Å²) in [4.78, 5) is 0.183. The van der Waals surface area contributed by atoms with Crippen LogP contribution in [0.5, 0.6) is 0 Å². The van der Waals surface area contributed by atoms with Gasteiger partial charge in [-0.3, -0.25) is 4.72 Å². The van der Waals surface area contributed by atoms with E-state index in [1.54, 1.807) is 42.7 Å². The second kappa shape index (κ2) is 6.62. The molecule has 1 N–H and O–H groups in total. The number of rotatable bonds is 5. The second-order valence-electron chi connectivity index (χ2n) is 5.05. The van der Waals surface area contributed by atoms with Crippen molar-refractivity contribution in [3.63, 3.8) is 0 Å². The molecule has 0 spiro atoms. The zero-order valence-electron chi connectivity index (χ0n) is 12.8. The number of aromatic nitrogens is 3. The fraction of sp³-hybridized carbons (Fsp3) is 0.125. The Hall–Kier alpha value is -2.38. The van der Waals surface area contributed by atoms with Gasteiger partial charge in [0.1, 0.15) is 6.33 Å². The fourth-order valence-corrected chi connectivity index (χ4v) is 3.56. The second-order valence-corrected chi connectivity index (χ2v) is 7.17. The molecule has 0 amide bonds. The highest BCUT2D eigenvalue weighted by atomic mass is 35.5. The molecule has 8 heteroatoms. The largest absolute Gasteiger partial charge is 0.314 e. The monoisotopic (exact) mass is 362 g/mol. The number of anilines is 1. The van der Waals surface area contributed by atoms with Gasteiger partial charge >= 0.3 is 0 Å². The van der Waals surface area contributed by atoms with E-state index in [0.29, 0.717) is 28.6 Å². The van der Waals surface area contributed by atoms with Crippen LogP contribution in [0.4, 0.5) is 5.69 Å². The van der Waals surface area contributed by atoms with Gasteiger partial charge in [0.05, 0.1) is 10.6 Å². The molecule has 0 atom stereocenters. The highest BCUT2D eigenvalue weighted by molar-refractivity contribution is 7.92. The van der Waals surface area contributed by atoms with Crippen LogP contribution in [0.3, 0.4) is 0 Å². The average molecular weight is 363 g/mol. The molecule has 0 aliphatic heterocycles. The van der Waals surface area contributed by atoms with Crippen LogP contribution in [0.2, 0.25) is 5.02 Å². The summed E-state index contributed by atoms with van der Waals surface area (Å²) in [6.07, 6.45) is 1.59. The van der Waals surface area contributed by atoms with Crippen LogP contribution in [0.25, 0.3) is 11.4 Å². The smallest absolute Gasteiger partial charge is 0.261 e. The predicted molar refractivity (Wildman–Crippen MR) is 93.4 cm³/mol. The summed E-state index contributed by atoms with van der Waals surface area (Å²) in [5, 5.41) is 8.45. The van der Waals surface area contributed by atoms with Crippen molar-refractivity contribution in [1.82, 2.24) is 14.8 Å². The van der Waals surface area contributed by atoms with Crippen molar-refractivity contribution in [2.45, 2.75) is 18.4 Å². The summed E-state index contributed by atoms with van der Waals surface area (Å²) in [6, 6.07) is 13.1. The Morgan fingerprint density at radius 3 is 2.62 bits per heavy atom. The Bertz CT molecular complexity index is 955. The lowest BCUT2D eigenvalue weighted by Gasteiger charge is -2.13. The summed E-state index contributed by atoms with van der Waals surface area (Å²) in [6.45, 7) is 2.60. The first kappa shape index (κ1) is 16.5. The van der Waals surface area contributed by atoms with E-state index in [1.165, 1.54) is 12.1 Å². The maximum Gasteiger partial charge on any atom is 0.261 e. The van der Waals surface area contributed by atoms with Gasteiger partial charge in [-0.1, -0.05) is 29.8 Å². The van der Waals surface area contributed by atoms with Crippen molar-refractivity contribution in [2.24, 2.45) is 0 Å².